The summed E-state index contributed by atoms with van der Waals surface area (Å²) >= 11 is 0. The molecule has 1 fully saturated rings. The van der Waals surface area contributed by atoms with Crippen molar-refractivity contribution in [1.29, 1.82) is 0 Å². The molecule has 17 heavy (non-hydrogen) atoms. The Morgan fingerprint density at radius 1 is 1.35 bits per heavy atom. The zero-order valence-corrected chi connectivity index (χ0v) is 9.18. The molecule has 2 heterocycles. The van der Waals surface area contributed by atoms with E-state index < -0.39 is 0 Å². The summed E-state index contributed by atoms with van der Waals surface area (Å²) in [5, 5.41) is 0. The summed E-state index contributed by atoms with van der Waals surface area (Å²) in [4.78, 5) is 13.5. The van der Waals surface area contributed by atoms with Crippen LogP contribution in [0, 0.1) is 18.3 Å². The number of amides is 1. The molecule has 0 N–H and O–H groups in total. The summed E-state index contributed by atoms with van der Waals surface area (Å²) in [6, 6.07) is 5.48. The molecule has 1 aromatic rings. The van der Waals surface area contributed by atoms with Gasteiger partial charge in [-0.2, -0.15) is 0 Å². The van der Waals surface area contributed by atoms with E-state index in [0.29, 0.717) is 24.5 Å². The van der Waals surface area contributed by atoms with Crippen molar-refractivity contribution < 1.29 is 14.3 Å². The second-order valence-corrected chi connectivity index (χ2v) is 4.11. The van der Waals surface area contributed by atoms with Crippen LogP contribution >= 0.6 is 0 Å². The smallest absolute Gasteiger partial charge is 0.231 e. The third kappa shape index (κ3) is 1.60. The number of hydrogen-bond acceptors (Lipinski definition) is 3. The summed E-state index contributed by atoms with van der Waals surface area (Å²) in [5.41, 5.74) is 0.817. The van der Waals surface area contributed by atoms with Crippen molar-refractivity contribution in [2.45, 2.75) is 6.42 Å². The van der Waals surface area contributed by atoms with Gasteiger partial charge in [0.1, 0.15) is 0 Å². The van der Waals surface area contributed by atoms with Crippen LogP contribution in [0.2, 0.25) is 0 Å². The lowest BCUT2D eigenvalue weighted by atomic mass is 10.1. The van der Waals surface area contributed by atoms with Crippen LogP contribution in [-0.2, 0) is 4.79 Å². The number of rotatable bonds is 1. The highest BCUT2D eigenvalue weighted by Gasteiger charge is 2.30. The van der Waals surface area contributed by atoms with Gasteiger partial charge in [0.25, 0.3) is 0 Å². The molecule has 1 amide bonds. The third-order valence-corrected chi connectivity index (χ3v) is 3.03. The lowest BCUT2D eigenvalue weighted by molar-refractivity contribution is -0.117. The topological polar surface area (TPSA) is 38.8 Å². The maximum absolute atomic E-state index is 11.8. The number of ether oxygens (including phenoxy) is 2. The van der Waals surface area contributed by atoms with Crippen molar-refractivity contribution >= 4 is 11.6 Å². The van der Waals surface area contributed by atoms with Gasteiger partial charge in [-0.3, -0.25) is 4.79 Å². The molecule has 3 rings (SSSR count). The van der Waals surface area contributed by atoms with E-state index in [4.69, 9.17) is 15.9 Å². The van der Waals surface area contributed by atoms with E-state index in [9.17, 15) is 4.79 Å². The van der Waals surface area contributed by atoms with Gasteiger partial charge in [-0.1, -0.05) is 0 Å². The number of hydrogen-bond donors (Lipinski definition) is 0. The van der Waals surface area contributed by atoms with Crippen LogP contribution in [0.25, 0.3) is 0 Å². The highest BCUT2D eigenvalue weighted by molar-refractivity contribution is 5.96. The summed E-state index contributed by atoms with van der Waals surface area (Å²) in [5.74, 6) is 4.09. The van der Waals surface area contributed by atoms with Crippen LogP contribution in [0.5, 0.6) is 11.5 Å². The molecule has 0 bridgehead atoms. The molecular weight excluding hydrogens is 218 g/mol. The maximum atomic E-state index is 11.8. The fraction of sp³-hybridized carbons (Fsp3) is 0.308. The number of terminal acetylenes is 1. The van der Waals surface area contributed by atoms with Crippen molar-refractivity contribution in [3.63, 3.8) is 0 Å². The zero-order chi connectivity index (χ0) is 11.8. The Kier molecular flexibility index (Phi) is 2.19. The average molecular weight is 229 g/mol. The Balaban J connectivity index is 1.90. The lowest BCUT2D eigenvalue weighted by Crippen LogP contribution is -2.24. The molecule has 0 spiro atoms. The Labute approximate surface area is 99.1 Å². The van der Waals surface area contributed by atoms with E-state index in [1.165, 1.54) is 0 Å². The summed E-state index contributed by atoms with van der Waals surface area (Å²) in [6.45, 7) is 0.814. The SMILES string of the molecule is C#CC1CC(=O)N(c2ccc3c(c2)OCO3)C1. The minimum atomic E-state index is 0.00734. The molecule has 0 saturated carbocycles. The predicted molar refractivity (Wildman–Crippen MR) is 61.9 cm³/mol. The minimum absolute atomic E-state index is 0.00734. The van der Waals surface area contributed by atoms with E-state index in [0.717, 1.165) is 5.69 Å². The van der Waals surface area contributed by atoms with Gasteiger partial charge in [-0.15, -0.1) is 12.3 Å². The van der Waals surface area contributed by atoms with E-state index in [1.54, 1.807) is 4.90 Å². The monoisotopic (exact) mass is 229 g/mol. The van der Waals surface area contributed by atoms with Gasteiger partial charge in [0.15, 0.2) is 11.5 Å². The molecule has 1 atom stereocenters. The van der Waals surface area contributed by atoms with Crippen LogP contribution in [0.3, 0.4) is 0 Å². The van der Waals surface area contributed by atoms with E-state index in [1.807, 2.05) is 18.2 Å². The fourth-order valence-electron chi connectivity index (χ4n) is 2.12. The van der Waals surface area contributed by atoms with Crippen molar-refractivity contribution in [2.75, 3.05) is 18.2 Å². The van der Waals surface area contributed by atoms with Crippen LogP contribution in [0.4, 0.5) is 5.69 Å². The Hall–Kier alpha value is -2.15. The molecule has 1 unspecified atom stereocenters. The van der Waals surface area contributed by atoms with Crippen LogP contribution in [0.15, 0.2) is 18.2 Å². The standard InChI is InChI=1S/C13H11NO3/c1-2-9-5-13(15)14(7-9)10-3-4-11-12(6-10)17-8-16-11/h1,3-4,6,9H,5,7-8H2. The maximum Gasteiger partial charge on any atom is 0.231 e. The Bertz CT molecular complexity index is 518. The molecule has 0 radical (unpaired) electrons. The zero-order valence-electron chi connectivity index (χ0n) is 9.18. The second kappa shape index (κ2) is 3.70. The number of carbonyl (C=O) groups is 1. The molecular formula is C13H11NO3. The van der Waals surface area contributed by atoms with Crippen molar-refractivity contribution in [2.24, 2.45) is 5.92 Å². The number of carbonyl (C=O) groups excluding carboxylic acids is 1. The summed E-state index contributed by atoms with van der Waals surface area (Å²) < 4.78 is 10.5. The van der Waals surface area contributed by atoms with Crippen molar-refractivity contribution in [1.82, 2.24) is 0 Å². The largest absolute Gasteiger partial charge is 0.454 e. The molecule has 86 valence electrons. The molecule has 2 aliphatic rings. The minimum Gasteiger partial charge on any atom is -0.454 e. The van der Waals surface area contributed by atoms with E-state index in [2.05, 4.69) is 5.92 Å². The Morgan fingerprint density at radius 2 is 2.18 bits per heavy atom. The van der Waals surface area contributed by atoms with Gasteiger partial charge in [0.05, 0.1) is 0 Å². The van der Waals surface area contributed by atoms with E-state index in [-0.39, 0.29) is 18.6 Å². The van der Waals surface area contributed by atoms with Crippen LogP contribution in [-0.4, -0.2) is 19.2 Å². The van der Waals surface area contributed by atoms with Crippen molar-refractivity contribution in [3.8, 4) is 23.8 Å². The highest BCUT2D eigenvalue weighted by atomic mass is 16.7. The van der Waals surface area contributed by atoms with Gasteiger partial charge in [0, 0.05) is 30.6 Å². The summed E-state index contributed by atoms with van der Waals surface area (Å²) in [7, 11) is 0. The first-order valence-corrected chi connectivity index (χ1v) is 5.44. The van der Waals surface area contributed by atoms with Gasteiger partial charge >= 0.3 is 0 Å². The molecule has 0 aromatic heterocycles. The second-order valence-electron chi connectivity index (χ2n) is 4.11. The normalized spacial score (nSPS) is 21.7. The van der Waals surface area contributed by atoms with E-state index >= 15 is 0 Å². The lowest BCUT2D eigenvalue weighted by Gasteiger charge is -2.16. The highest BCUT2D eigenvalue weighted by Crippen LogP contribution is 2.36. The van der Waals surface area contributed by atoms with Crippen LogP contribution < -0.4 is 14.4 Å². The van der Waals surface area contributed by atoms with Gasteiger partial charge in [-0.25, -0.2) is 0 Å². The first-order chi connectivity index (χ1) is 8.28. The molecule has 4 heteroatoms. The van der Waals surface area contributed by atoms with Gasteiger partial charge in [-0.05, 0) is 12.1 Å². The average Bonchev–Trinajstić information content (AvgIpc) is 2.93. The number of benzene rings is 1. The predicted octanol–water partition coefficient (Wildman–Crippen LogP) is 1.40. The first-order valence-electron chi connectivity index (χ1n) is 5.44. The molecule has 0 aliphatic carbocycles. The molecule has 1 aromatic carbocycles. The van der Waals surface area contributed by atoms with Gasteiger partial charge < -0.3 is 14.4 Å². The molecule has 4 nitrogen and oxygen atoms in total. The fourth-order valence-corrected chi connectivity index (χ4v) is 2.12. The number of fused-ring (bicyclic) bond motifs is 1. The number of anilines is 1. The Morgan fingerprint density at radius 3 is 2.94 bits per heavy atom. The molecule has 1 saturated heterocycles. The first kappa shape index (κ1) is 10.0. The molecule has 2 aliphatic heterocycles. The summed E-state index contributed by atoms with van der Waals surface area (Å²) in [6.07, 6.45) is 5.77. The third-order valence-electron chi connectivity index (χ3n) is 3.03. The van der Waals surface area contributed by atoms with Crippen molar-refractivity contribution in [3.05, 3.63) is 18.2 Å². The quantitative estimate of drug-likeness (QED) is 0.683. The number of nitrogens with zero attached hydrogens (tertiary/aromatic N) is 1. The van der Waals surface area contributed by atoms with Gasteiger partial charge in [0.2, 0.25) is 12.7 Å². The van der Waals surface area contributed by atoms with Crippen LogP contribution in [0.1, 0.15) is 6.42 Å².